The van der Waals surface area contributed by atoms with Crippen LogP contribution in [0.3, 0.4) is 0 Å². The van der Waals surface area contributed by atoms with Crippen LogP contribution in [0, 0.1) is 11.6 Å². The number of nitrogens with one attached hydrogen (secondary N) is 2. The summed E-state index contributed by atoms with van der Waals surface area (Å²) in [5.41, 5.74) is 0.646. The molecule has 0 saturated carbocycles. The molecule has 3 heterocycles. The predicted molar refractivity (Wildman–Crippen MR) is 137 cm³/mol. The van der Waals surface area contributed by atoms with E-state index in [9.17, 15) is 44.7 Å². The summed E-state index contributed by atoms with van der Waals surface area (Å²) in [7, 11) is 0. The van der Waals surface area contributed by atoms with Gasteiger partial charge in [0.25, 0.3) is 5.91 Å². The maximum absolute atomic E-state index is 13.3. The molecule has 2 aliphatic heterocycles. The van der Waals surface area contributed by atoms with Gasteiger partial charge in [-0.25, -0.2) is 18.4 Å². The predicted octanol–water partition coefficient (Wildman–Crippen LogP) is 2.78. The van der Waals surface area contributed by atoms with E-state index in [1.807, 2.05) is 18.3 Å². The van der Waals surface area contributed by atoms with Crippen molar-refractivity contribution in [3.05, 3.63) is 65.5 Å². The van der Waals surface area contributed by atoms with Crippen LogP contribution in [0.5, 0.6) is 0 Å². The second-order valence-electron chi connectivity index (χ2n) is 9.59. The Kier molecular flexibility index (Phi) is 12.7. The van der Waals surface area contributed by atoms with Gasteiger partial charge in [-0.05, 0) is 42.7 Å². The number of alkyl halides is 6. The first kappa shape index (κ1) is 36.8. The zero-order valence-corrected chi connectivity index (χ0v) is 23.1. The zero-order chi connectivity index (χ0) is 34.0. The number of nitrogens with zero attached hydrogens (tertiary/aromatic N) is 3. The number of likely N-dealkylation sites (tertiary alicyclic amines) is 1. The smallest absolute Gasteiger partial charge is 0.475 e. The average Bonchev–Trinajstić information content (AvgIpc) is 3.25. The molecule has 19 heteroatoms. The van der Waals surface area contributed by atoms with Crippen molar-refractivity contribution >= 4 is 23.8 Å². The van der Waals surface area contributed by atoms with E-state index < -0.39 is 47.4 Å². The molecule has 0 bridgehead atoms. The summed E-state index contributed by atoms with van der Waals surface area (Å²) in [5.74, 6) is -7.90. The third-order valence-electron chi connectivity index (χ3n) is 6.62. The van der Waals surface area contributed by atoms with Gasteiger partial charge >= 0.3 is 24.3 Å². The van der Waals surface area contributed by atoms with Crippen molar-refractivity contribution in [2.45, 2.75) is 37.3 Å². The highest BCUT2D eigenvalue weighted by Crippen LogP contribution is 2.33. The number of pyridine rings is 1. The van der Waals surface area contributed by atoms with Gasteiger partial charge in [0.2, 0.25) is 5.91 Å². The SMILES string of the molecule is O=C(NCCN1CCC2(CC1)C(=O)NCN2Cc1cccnc1)c1ccc(F)c(F)c1.O=C(O)C(F)(F)F.O=C(O)C(F)(F)F. The number of carbonyl (C=O) groups excluding carboxylic acids is 2. The molecule has 11 nitrogen and oxygen atoms in total. The molecule has 0 atom stereocenters. The number of benzene rings is 1. The van der Waals surface area contributed by atoms with Crippen LogP contribution in [0.25, 0.3) is 0 Å². The van der Waals surface area contributed by atoms with Crippen molar-refractivity contribution in [2.24, 2.45) is 0 Å². The van der Waals surface area contributed by atoms with Gasteiger partial charge in [0.1, 0.15) is 5.54 Å². The number of aromatic nitrogens is 1. The van der Waals surface area contributed by atoms with Crippen LogP contribution in [0.1, 0.15) is 28.8 Å². The van der Waals surface area contributed by atoms with Crippen molar-refractivity contribution in [2.75, 3.05) is 32.8 Å². The molecule has 0 aliphatic carbocycles. The molecule has 1 spiro atoms. The molecule has 2 aliphatic rings. The van der Waals surface area contributed by atoms with E-state index in [2.05, 4.69) is 25.4 Å². The lowest BCUT2D eigenvalue weighted by molar-refractivity contribution is -0.193. The van der Waals surface area contributed by atoms with Crippen molar-refractivity contribution in [1.82, 2.24) is 25.4 Å². The number of carboxylic acid groups (broad SMARTS) is 2. The van der Waals surface area contributed by atoms with E-state index in [1.54, 1.807) is 6.20 Å². The third-order valence-corrected chi connectivity index (χ3v) is 6.62. The van der Waals surface area contributed by atoms with E-state index in [0.29, 0.717) is 39.1 Å². The standard InChI is InChI=1S/C22H25F2N5O2.2C2HF3O2/c23-18-4-3-17(12-19(18)24)20(30)26-8-11-28-9-5-22(6-10-28)21(31)27-15-29(22)14-16-2-1-7-25-13-16;2*3-2(4,5)1(6)7/h1-4,7,12-13H,5-6,8-11,14-15H2,(H,26,30)(H,27,31);2*(H,6,7). The summed E-state index contributed by atoms with van der Waals surface area (Å²) < 4.78 is 89.8. The maximum atomic E-state index is 13.3. The van der Waals surface area contributed by atoms with Crippen molar-refractivity contribution in [1.29, 1.82) is 0 Å². The maximum Gasteiger partial charge on any atom is 0.490 e. The van der Waals surface area contributed by atoms with Crippen molar-refractivity contribution < 1.29 is 64.5 Å². The lowest BCUT2D eigenvalue weighted by Gasteiger charge is -2.42. The molecule has 2 fully saturated rings. The molecular formula is C26H27F8N5O6. The fourth-order valence-corrected chi connectivity index (χ4v) is 4.30. The van der Waals surface area contributed by atoms with Gasteiger partial charge < -0.3 is 25.7 Å². The fourth-order valence-electron chi connectivity index (χ4n) is 4.30. The minimum absolute atomic E-state index is 0.0719. The second-order valence-corrected chi connectivity index (χ2v) is 9.59. The molecule has 45 heavy (non-hydrogen) atoms. The summed E-state index contributed by atoms with van der Waals surface area (Å²) in [5, 5.41) is 20.0. The van der Waals surface area contributed by atoms with Crippen LogP contribution in [0.15, 0.2) is 42.7 Å². The van der Waals surface area contributed by atoms with Gasteiger partial charge in [-0.15, -0.1) is 0 Å². The first-order chi connectivity index (χ1) is 20.9. The van der Waals surface area contributed by atoms with E-state index in [0.717, 1.165) is 30.8 Å². The molecule has 1 aromatic heterocycles. The van der Waals surface area contributed by atoms with E-state index in [-0.39, 0.29) is 11.5 Å². The Morgan fingerprint density at radius 3 is 2.02 bits per heavy atom. The quantitative estimate of drug-likeness (QED) is 0.344. The fraction of sp³-hybridized carbons (Fsp3) is 0.423. The van der Waals surface area contributed by atoms with Gasteiger partial charge in [-0.2, -0.15) is 26.3 Å². The molecule has 2 amide bonds. The van der Waals surface area contributed by atoms with E-state index in [4.69, 9.17) is 19.8 Å². The summed E-state index contributed by atoms with van der Waals surface area (Å²) in [6.45, 7) is 3.66. The largest absolute Gasteiger partial charge is 0.490 e. The number of aliphatic carboxylic acids is 2. The molecule has 2 aromatic rings. The van der Waals surface area contributed by atoms with Crippen LogP contribution in [0.4, 0.5) is 35.1 Å². The first-order valence-electron chi connectivity index (χ1n) is 12.8. The van der Waals surface area contributed by atoms with Crippen LogP contribution < -0.4 is 10.6 Å². The lowest BCUT2D eigenvalue weighted by atomic mass is 9.86. The Labute approximate surface area is 249 Å². The van der Waals surface area contributed by atoms with Crippen LogP contribution in [-0.2, 0) is 20.9 Å². The highest BCUT2D eigenvalue weighted by atomic mass is 19.4. The lowest BCUT2D eigenvalue weighted by Crippen LogP contribution is -2.56. The van der Waals surface area contributed by atoms with Crippen LogP contribution >= 0.6 is 0 Å². The van der Waals surface area contributed by atoms with Gasteiger partial charge in [-0.3, -0.25) is 19.5 Å². The third kappa shape index (κ3) is 10.9. The highest BCUT2D eigenvalue weighted by Gasteiger charge is 2.49. The first-order valence-corrected chi connectivity index (χ1v) is 12.8. The summed E-state index contributed by atoms with van der Waals surface area (Å²) in [4.78, 5) is 51.1. The topological polar surface area (TPSA) is 152 Å². The Balaban J connectivity index is 0.000000421. The normalized spacial score (nSPS) is 16.5. The summed E-state index contributed by atoms with van der Waals surface area (Å²) >= 11 is 0. The Morgan fingerprint density at radius 1 is 0.956 bits per heavy atom. The monoisotopic (exact) mass is 657 g/mol. The Morgan fingerprint density at radius 2 is 1.53 bits per heavy atom. The van der Waals surface area contributed by atoms with Crippen LogP contribution in [-0.4, -0.2) is 99.5 Å². The molecule has 4 rings (SSSR count). The van der Waals surface area contributed by atoms with E-state index >= 15 is 0 Å². The molecule has 248 valence electrons. The minimum Gasteiger partial charge on any atom is -0.475 e. The molecule has 1 aromatic carbocycles. The summed E-state index contributed by atoms with van der Waals surface area (Å²) in [6.07, 6.45) is -5.20. The molecule has 2 saturated heterocycles. The molecule has 4 N–H and O–H groups in total. The Bertz CT molecular complexity index is 1310. The number of piperidine rings is 1. The number of amides is 2. The number of carboxylic acids is 2. The zero-order valence-electron chi connectivity index (χ0n) is 23.1. The molecule has 0 radical (unpaired) electrons. The summed E-state index contributed by atoms with van der Waals surface area (Å²) in [6, 6.07) is 7.00. The van der Waals surface area contributed by atoms with Gasteiger partial charge in [0.15, 0.2) is 11.6 Å². The van der Waals surface area contributed by atoms with Crippen molar-refractivity contribution in [3.63, 3.8) is 0 Å². The van der Waals surface area contributed by atoms with Gasteiger partial charge in [0, 0.05) is 50.7 Å². The number of hydrogen-bond acceptors (Lipinski definition) is 7. The second kappa shape index (κ2) is 15.6. The highest BCUT2D eigenvalue weighted by molar-refractivity contribution is 5.94. The number of halogens is 8. The van der Waals surface area contributed by atoms with E-state index in [1.165, 1.54) is 6.07 Å². The number of carbonyl (C=O) groups is 4. The van der Waals surface area contributed by atoms with Crippen LogP contribution in [0.2, 0.25) is 0 Å². The molecule has 0 unspecified atom stereocenters. The molecular weight excluding hydrogens is 630 g/mol. The van der Waals surface area contributed by atoms with Gasteiger partial charge in [-0.1, -0.05) is 6.07 Å². The average molecular weight is 658 g/mol. The Hall–Kier alpha value is -4.39. The number of hydrogen-bond donors (Lipinski definition) is 4. The van der Waals surface area contributed by atoms with Crippen molar-refractivity contribution in [3.8, 4) is 0 Å². The minimum atomic E-state index is -5.08. The van der Waals surface area contributed by atoms with Gasteiger partial charge in [0.05, 0.1) is 6.67 Å². The number of rotatable bonds is 6.